The normalized spacial score (nSPS) is 27.3. The van der Waals surface area contributed by atoms with Gasteiger partial charge in [-0.25, -0.2) is 0 Å². The summed E-state index contributed by atoms with van der Waals surface area (Å²) in [6.45, 7) is 1.57. The van der Waals surface area contributed by atoms with Crippen molar-refractivity contribution in [1.82, 2.24) is 14.8 Å². The third kappa shape index (κ3) is 2.30. The Morgan fingerprint density at radius 3 is 2.89 bits per heavy atom. The third-order valence-electron chi connectivity index (χ3n) is 4.46. The summed E-state index contributed by atoms with van der Waals surface area (Å²) in [5.41, 5.74) is 0.267. The number of carbonyl (C=O) groups is 1. The van der Waals surface area contributed by atoms with Gasteiger partial charge in [0.15, 0.2) is 0 Å². The Morgan fingerprint density at radius 2 is 2.11 bits per heavy atom. The second-order valence-electron chi connectivity index (χ2n) is 5.53. The molecule has 19 heavy (non-hydrogen) atoms. The van der Waals surface area contributed by atoms with Crippen molar-refractivity contribution in [3.05, 3.63) is 34.2 Å². The fraction of sp³-hybridized carbons (Fsp3) is 0.571. The summed E-state index contributed by atoms with van der Waals surface area (Å²) in [6, 6.07) is 4.15. The largest absolute Gasteiger partial charge is 0.337 e. The highest BCUT2D eigenvalue weighted by Gasteiger charge is 2.36. The van der Waals surface area contributed by atoms with E-state index in [1.807, 2.05) is 4.90 Å². The van der Waals surface area contributed by atoms with Crippen LogP contribution in [0.25, 0.3) is 0 Å². The number of aromatic amines is 1. The van der Waals surface area contributed by atoms with Crippen molar-refractivity contribution in [1.29, 1.82) is 0 Å². The molecule has 3 rings (SSSR count). The minimum absolute atomic E-state index is 0.0212. The molecule has 5 heteroatoms. The first kappa shape index (κ1) is 12.4. The monoisotopic (exact) mass is 261 g/mol. The van der Waals surface area contributed by atoms with Crippen LogP contribution in [0.1, 0.15) is 29.6 Å². The number of carbonyl (C=O) groups excluding carboxylic acids is 1. The minimum atomic E-state index is -0.223. The van der Waals surface area contributed by atoms with E-state index < -0.39 is 0 Å². The summed E-state index contributed by atoms with van der Waals surface area (Å²) in [4.78, 5) is 30.6. The van der Waals surface area contributed by atoms with E-state index in [-0.39, 0.29) is 11.5 Å². The number of rotatable bonds is 1. The van der Waals surface area contributed by atoms with Crippen molar-refractivity contribution < 1.29 is 4.79 Å². The maximum Gasteiger partial charge on any atom is 0.254 e. The number of nitrogens with one attached hydrogen (secondary N) is 1. The Balaban J connectivity index is 1.79. The highest BCUT2D eigenvalue weighted by Crippen LogP contribution is 2.28. The maximum absolute atomic E-state index is 12.4. The Morgan fingerprint density at radius 1 is 1.32 bits per heavy atom. The molecule has 1 aromatic rings. The number of pyridine rings is 1. The molecule has 2 atom stereocenters. The molecule has 5 nitrogen and oxygen atoms in total. The molecule has 102 valence electrons. The highest BCUT2D eigenvalue weighted by molar-refractivity contribution is 5.94. The molecular weight excluding hydrogens is 242 g/mol. The number of likely N-dealkylation sites (N-methyl/N-ethyl adjacent to an activating group) is 1. The van der Waals surface area contributed by atoms with Gasteiger partial charge in [-0.2, -0.15) is 0 Å². The molecule has 1 N–H and O–H groups in total. The molecule has 2 aliphatic rings. The van der Waals surface area contributed by atoms with Crippen LogP contribution < -0.4 is 5.56 Å². The van der Waals surface area contributed by atoms with Gasteiger partial charge in [0, 0.05) is 43.0 Å². The smallest absolute Gasteiger partial charge is 0.254 e. The van der Waals surface area contributed by atoms with Gasteiger partial charge in [-0.05, 0) is 32.4 Å². The lowest BCUT2D eigenvalue weighted by atomic mass is 10.1. The van der Waals surface area contributed by atoms with Crippen molar-refractivity contribution in [3.8, 4) is 0 Å². The molecule has 2 fully saturated rings. The zero-order valence-corrected chi connectivity index (χ0v) is 11.1. The van der Waals surface area contributed by atoms with E-state index in [1.165, 1.54) is 25.1 Å². The van der Waals surface area contributed by atoms with Crippen molar-refractivity contribution in [2.24, 2.45) is 0 Å². The van der Waals surface area contributed by atoms with Gasteiger partial charge in [-0.1, -0.05) is 0 Å². The van der Waals surface area contributed by atoms with Crippen LogP contribution in [-0.2, 0) is 0 Å². The molecule has 0 aliphatic carbocycles. The fourth-order valence-electron chi connectivity index (χ4n) is 3.25. The number of hydrogen-bond donors (Lipinski definition) is 1. The van der Waals surface area contributed by atoms with Crippen molar-refractivity contribution in [2.75, 3.05) is 20.1 Å². The summed E-state index contributed by atoms with van der Waals surface area (Å²) in [5.74, 6) is -0.0212. The molecule has 0 radical (unpaired) electrons. The second kappa shape index (κ2) is 4.81. The Bertz CT molecular complexity index is 539. The molecule has 0 saturated carbocycles. The summed E-state index contributed by atoms with van der Waals surface area (Å²) < 4.78 is 0. The van der Waals surface area contributed by atoms with Crippen molar-refractivity contribution in [3.63, 3.8) is 0 Å². The van der Waals surface area contributed by atoms with Crippen molar-refractivity contribution in [2.45, 2.75) is 31.3 Å². The van der Waals surface area contributed by atoms with Gasteiger partial charge >= 0.3 is 0 Å². The lowest BCUT2D eigenvalue weighted by Crippen LogP contribution is -2.39. The standard InChI is InChI=1S/C14H19N3O2/c1-16-11-2-3-12(16)9-17(7-5-11)14(19)10-4-6-15-13(18)8-10/h4,6,8,11-12H,2-3,5,7,9H2,1H3,(H,15,18). The molecule has 2 bridgehead atoms. The van der Waals surface area contributed by atoms with E-state index in [2.05, 4.69) is 16.9 Å². The molecule has 0 spiro atoms. The van der Waals surface area contributed by atoms with Gasteiger partial charge in [0.05, 0.1) is 0 Å². The zero-order valence-electron chi connectivity index (χ0n) is 11.1. The summed E-state index contributed by atoms with van der Waals surface area (Å²) in [7, 11) is 2.16. The molecule has 1 aromatic heterocycles. The summed E-state index contributed by atoms with van der Waals surface area (Å²) in [5, 5.41) is 0. The lowest BCUT2D eigenvalue weighted by Gasteiger charge is -2.25. The maximum atomic E-state index is 12.4. The van der Waals surface area contributed by atoms with Crippen LogP contribution >= 0.6 is 0 Å². The van der Waals surface area contributed by atoms with Crippen LogP contribution in [0.3, 0.4) is 0 Å². The van der Waals surface area contributed by atoms with Gasteiger partial charge < -0.3 is 9.88 Å². The van der Waals surface area contributed by atoms with Gasteiger partial charge in [-0.15, -0.1) is 0 Å². The van der Waals surface area contributed by atoms with Crippen molar-refractivity contribution >= 4 is 5.91 Å². The third-order valence-corrected chi connectivity index (χ3v) is 4.46. The van der Waals surface area contributed by atoms with Crippen LogP contribution in [0.4, 0.5) is 0 Å². The predicted octanol–water partition coefficient (Wildman–Crippen LogP) is 0.684. The Hall–Kier alpha value is -1.62. The number of aromatic nitrogens is 1. The summed E-state index contributed by atoms with van der Waals surface area (Å²) >= 11 is 0. The average Bonchev–Trinajstić information content (AvgIpc) is 2.62. The second-order valence-corrected chi connectivity index (χ2v) is 5.53. The number of H-pyrrole nitrogens is 1. The van der Waals surface area contributed by atoms with E-state index in [4.69, 9.17) is 0 Å². The first-order chi connectivity index (χ1) is 9.15. The molecular formula is C14H19N3O2. The van der Waals surface area contributed by atoms with Gasteiger partial charge in [-0.3, -0.25) is 14.5 Å². The average molecular weight is 261 g/mol. The molecule has 3 heterocycles. The first-order valence-corrected chi connectivity index (χ1v) is 6.85. The quantitative estimate of drug-likeness (QED) is 0.809. The van der Waals surface area contributed by atoms with Crippen LogP contribution in [0.15, 0.2) is 23.1 Å². The van der Waals surface area contributed by atoms with Gasteiger partial charge in [0.2, 0.25) is 5.56 Å². The van der Waals surface area contributed by atoms with E-state index >= 15 is 0 Å². The topological polar surface area (TPSA) is 56.4 Å². The van der Waals surface area contributed by atoms with E-state index in [1.54, 1.807) is 6.07 Å². The zero-order chi connectivity index (χ0) is 13.4. The van der Waals surface area contributed by atoms with Crippen LogP contribution in [0, 0.1) is 0 Å². The number of nitrogens with zero attached hydrogens (tertiary/aromatic N) is 2. The first-order valence-electron chi connectivity index (χ1n) is 6.85. The summed E-state index contributed by atoms with van der Waals surface area (Å²) in [6.07, 6.45) is 4.97. The number of hydrogen-bond acceptors (Lipinski definition) is 3. The van der Waals surface area contributed by atoms with Gasteiger partial charge in [0.1, 0.15) is 0 Å². The lowest BCUT2D eigenvalue weighted by molar-refractivity contribution is 0.0740. The number of fused-ring (bicyclic) bond motifs is 2. The molecule has 0 aromatic carbocycles. The Kier molecular flexibility index (Phi) is 3.14. The van der Waals surface area contributed by atoms with Crippen LogP contribution in [-0.4, -0.2) is 52.9 Å². The van der Waals surface area contributed by atoms with E-state index in [0.717, 1.165) is 19.5 Å². The van der Waals surface area contributed by atoms with Gasteiger partial charge in [0.25, 0.3) is 5.91 Å². The van der Waals surface area contributed by atoms with Crippen LogP contribution in [0.5, 0.6) is 0 Å². The van der Waals surface area contributed by atoms with E-state index in [9.17, 15) is 9.59 Å². The Labute approximate surface area is 112 Å². The minimum Gasteiger partial charge on any atom is -0.337 e. The molecule has 1 amide bonds. The number of amides is 1. The van der Waals surface area contributed by atoms with E-state index in [0.29, 0.717) is 17.6 Å². The molecule has 2 unspecified atom stereocenters. The SMILES string of the molecule is CN1C2CCC1CN(C(=O)c1cc[nH]c(=O)c1)CC2. The van der Waals surface area contributed by atoms with Crippen LogP contribution in [0.2, 0.25) is 0 Å². The molecule has 2 aliphatic heterocycles. The number of likely N-dealkylation sites (tertiary alicyclic amines) is 1. The fourth-order valence-corrected chi connectivity index (χ4v) is 3.25. The molecule has 2 saturated heterocycles. The highest BCUT2D eigenvalue weighted by atomic mass is 16.2. The predicted molar refractivity (Wildman–Crippen MR) is 72.2 cm³/mol.